The smallest absolute Gasteiger partial charge is 0.353 e. The fourth-order valence-corrected chi connectivity index (χ4v) is 5.51. The number of carbonyl (C=O) groups is 1. The van der Waals surface area contributed by atoms with E-state index in [1.54, 1.807) is 0 Å². The second kappa shape index (κ2) is 7.99. The van der Waals surface area contributed by atoms with Gasteiger partial charge in [0.25, 0.3) is 11.5 Å². The van der Waals surface area contributed by atoms with E-state index < -0.39 is 67.1 Å². The molecule has 1 fully saturated rings. The standard InChI is InChI=1S/C19H14F3N3O5S/c20-19(21,22)13-5-1-4-8-18(13)31(29,30)12-9-16(17(26)10-23)24(11-12)14-6-2-3-7-15(14)25(27)28/h1-8,12,16H,9,11H2/t12-,16+/m1/s1. The van der Waals surface area contributed by atoms with Gasteiger partial charge in [0.05, 0.1) is 20.6 Å². The summed E-state index contributed by atoms with van der Waals surface area (Å²) in [7, 11) is -4.59. The first-order valence-corrected chi connectivity index (χ1v) is 10.4. The van der Waals surface area contributed by atoms with Crippen LogP contribution in [-0.2, 0) is 20.8 Å². The van der Waals surface area contributed by atoms with E-state index in [1.807, 2.05) is 0 Å². The number of carbonyl (C=O) groups excluding carboxylic acids is 1. The molecule has 12 heteroatoms. The van der Waals surface area contributed by atoms with Gasteiger partial charge in [-0.2, -0.15) is 18.4 Å². The van der Waals surface area contributed by atoms with E-state index in [9.17, 15) is 36.5 Å². The van der Waals surface area contributed by atoms with Gasteiger partial charge >= 0.3 is 6.18 Å². The Morgan fingerprint density at radius 3 is 2.39 bits per heavy atom. The molecule has 1 aliphatic heterocycles. The Kier molecular flexibility index (Phi) is 5.73. The first kappa shape index (κ1) is 22.2. The van der Waals surface area contributed by atoms with Crippen molar-refractivity contribution in [3.8, 4) is 6.07 Å². The van der Waals surface area contributed by atoms with Crippen LogP contribution in [-0.4, -0.2) is 37.0 Å². The van der Waals surface area contributed by atoms with Crippen molar-refractivity contribution in [1.82, 2.24) is 0 Å². The zero-order valence-corrected chi connectivity index (χ0v) is 16.4. The van der Waals surface area contributed by atoms with Crippen molar-refractivity contribution < 1.29 is 31.3 Å². The van der Waals surface area contributed by atoms with Crippen molar-refractivity contribution in [3.63, 3.8) is 0 Å². The number of anilines is 1. The molecule has 0 aliphatic carbocycles. The van der Waals surface area contributed by atoms with Crippen LogP contribution < -0.4 is 4.90 Å². The molecular formula is C19H14F3N3O5S. The Bertz CT molecular complexity index is 1190. The summed E-state index contributed by atoms with van der Waals surface area (Å²) in [6.07, 6.45) is -5.41. The number of ketones is 1. The number of alkyl halides is 3. The normalized spacial score (nSPS) is 19.1. The minimum absolute atomic E-state index is 0.0945. The highest BCUT2D eigenvalue weighted by Gasteiger charge is 2.47. The molecule has 2 aromatic carbocycles. The molecule has 0 unspecified atom stereocenters. The van der Waals surface area contributed by atoms with Crippen LogP contribution in [0.15, 0.2) is 53.4 Å². The van der Waals surface area contributed by atoms with Gasteiger partial charge in [-0.05, 0) is 24.6 Å². The maximum atomic E-state index is 13.4. The van der Waals surface area contributed by atoms with Gasteiger partial charge in [0.2, 0.25) is 0 Å². The number of hydrogen-bond donors (Lipinski definition) is 0. The number of para-hydroxylation sites is 2. The fraction of sp³-hybridized carbons (Fsp3) is 0.263. The summed E-state index contributed by atoms with van der Waals surface area (Å²) >= 11 is 0. The van der Waals surface area contributed by atoms with Crippen LogP contribution in [0.25, 0.3) is 0 Å². The van der Waals surface area contributed by atoms with Gasteiger partial charge in [-0.25, -0.2) is 8.42 Å². The van der Waals surface area contributed by atoms with Crippen LogP contribution in [0.3, 0.4) is 0 Å². The lowest BCUT2D eigenvalue weighted by Gasteiger charge is -2.23. The van der Waals surface area contributed by atoms with Crippen LogP contribution in [0.4, 0.5) is 24.5 Å². The number of benzene rings is 2. The van der Waals surface area contributed by atoms with E-state index in [0.29, 0.717) is 6.07 Å². The number of nitriles is 1. The predicted octanol–water partition coefficient (Wildman–Crippen LogP) is 3.13. The van der Waals surface area contributed by atoms with E-state index in [0.717, 1.165) is 29.2 Å². The number of Topliss-reactive ketones (excluding diaryl/α,β-unsaturated/α-hetero) is 1. The summed E-state index contributed by atoms with van der Waals surface area (Å²) in [6.45, 7) is -0.489. The third-order valence-corrected chi connectivity index (χ3v) is 7.19. The molecule has 0 N–H and O–H groups in total. The highest BCUT2D eigenvalue weighted by atomic mass is 32.2. The first-order chi connectivity index (χ1) is 14.5. The summed E-state index contributed by atoms with van der Waals surface area (Å²) in [5.74, 6) is -1.04. The van der Waals surface area contributed by atoms with Crippen molar-refractivity contribution in [2.24, 2.45) is 0 Å². The molecule has 2 aromatic rings. The topological polar surface area (TPSA) is 121 Å². The van der Waals surface area contributed by atoms with Crippen molar-refractivity contribution in [3.05, 3.63) is 64.2 Å². The highest BCUT2D eigenvalue weighted by Crippen LogP contribution is 2.40. The lowest BCUT2D eigenvalue weighted by molar-refractivity contribution is -0.384. The van der Waals surface area contributed by atoms with Crippen LogP contribution >= 0.6 is 0 Å². The van der Waals surface area contributed by atoms with Gasteiger partial charge in [0.1, 0.15) is 17.8 Å². The molecule has 31 heavy (non-hydrogen) atoms. The van der Waals surface area contributed by atoms with E-state index in [-0.39, 0.29) is 5.69 Å². The fourth-order valence-electron chi connectivity index (χ4n) is 3.60. The number of rotatable bonds is 5. The second-order valence-corrected chi connectivity index (χ2v) is 8.98. The minimum Gasteiger partial charge on any atom is -0.353 e. The molecule has 0 spiro atoms. The quantitative estimate of drug-likeness (QED) is 0.387. The van der Waals surface area contributed by atoms with Crippen molar-refractivity contribution in [2.45, 2.75) is 28.8 Å². The second-order valence-electron chi connectivity index (χ2n) is 6.79. The van der Waals surface area contributed by atoms with Gasteiger partial charge < -0.3 is 4.90 Å². The summed E-state index contributed by atoms with van der Waals surface area (Å²) in [5, 5.41) is 18.9. The third-order valence-electron chi connectivity index (χ3n) is 5.00. The van der Waals surface area contributed by atoms with E-state index in [2.05, 4.69) is 0 Å². The molecule has 0 aromatic heterocycles. The first-order valence-electron chi connectivity index (χ1n) is 8.82. The maximum Gasteiger partial charge on any atom is 0.417 e. The van der Waals surface area contributed by atoms with Gasteiger partial charge in [-0.3, -0.25) is 14.9 Å². The summed E-state index contributed by atoms with van der Waals surface area (Å²) in [5.41, 5.74) is -1.86. The van der Waals surface area contributed by atoms with Crippen molar-refractivity contribution in [1.29, 1.82) is 5.26 Å². The number of hydrogen-bond acceptors (Lipinski definition) is 7. The average Bonchev–Trinajstić information content (AvgIpc) is 3.18. The molecule has 0 saturated carbocycles. The molecule has 0 bridgehead atoms. The van der Waals surface area contributed by atoms with Crippen LogP contribution in [0.1, 0.15) is 12.0 Å². The summed E-state index contributed by atoms with van der Waals surface area (Å²) in [6, 6.07) is 8.91. The van der Waals surface area contributed by atoms with E-state index >= 15 is 0 Å². The summed E-state index contributed by atoms with van der Waals surface area (Å²) in [4.78, 5) is 23.0. The molecule has 1 heterocycles. The van der Waals surface area contributed by atoms with Crippen molar-refractivity contribution >= 4 is 27.0 Å². The SMILES string of the molecule is N#CC(=O)[C@@H]1C[C@@H](S(=O)(=O)c2ccccc2C(F)(F)F)CN1c1ccccc1[N+](=O)[O-]. The van der Waals surface area contributed by atoms with Crippen LogP contribution in [0.5, 0.6) is 0 Å². The Balaban J connectivity index is 2.09. The number of nitro benzene ring substituents is 1. The van der Waals surface area contributed by atoms with E-state index in [4.69, 9.17) is 5.26 Å². The maximum absolute atomic E-state index is 13.4. The van der Waals surface area contributed by atoms with Gasteiger partial charge in [0.15, 0.2) is 9.84 Å². The number of sulfone groups is 1. The molecule has 1 saturated heterocycles. The number of nitro groups is 1. The Labute approximate surface area is 174 Å². The largest absolute Gasteiger partial charge is 0.417 e. The summed E-state index contributed by atoms with van der Waals surface area (Å²) < 4.78 is 66.3. The predicted molar refractivity (Wildman–Crippen MR) is 102 cm³/mol. The lowest BCUT2D eigenvalue weighted by Crippen LogP contribution is -2.36. The molecule has 3 rings (SSSR count). The highest BCUT2D eigenvalue weighted by molar-refractivity contribution is 7.92. The monoisotopic (exact) mass is 453 g/mol. The Morgan fingerprint density at radius 2 is 1.77 bits per heavy atom. The van der Waals surface area contributed by atoms with Crippen LogP contribution in [0, 0.1) is 21.4 Å². The molecule has 162 valence electrons. The van der Waals surface area contributed by atoms with Gasteiger partial charge in [-0.15, -0.1) is 0 Å². The van der Waals surface area contributed by atoms with Crippen molar-refractivity contribution in [2.75, 3.05) is 11.4 Å². The number of halogens is 3. The van der Waals surface area contributed by atoms with E-state index in [1.165, 1.54) is 24.3 Å². The van der Waals surface area contributed by atoms with Crippen LogP contribution in [0.2, 0.25) is 0 Å². The molecule has 0 amide bonds. The molecular weight excluding hydrogens is 439 g/mol. The Morgan fingerprint density at radius 1 is 1.16 bits per heavy atom. The lowest BCUT2D eigenvalue weighted by atomic mass is 10.1. The zero-order chi connectivity index (χ0) is 23.0. The molecule has 8 nitrogen and oxygen atoms in total. The zero-order valence-electron chi connectivity index (χ0n) is 15.6. The number of nitrogens with zero attached hydrogens (tertiary/aromatic N) is 3. The van der Waals surface area contributed by atoms with Gasteiger partial charge in [0, 0.05) is 12.6 Å². The third kappa shape index (κ3) is 4.09. The van der Waals surface area contributed by atoms with Gasteiger partial charge in [-0.1, -0.05) is 24.3 Å². The minimum atomic E-state index is -4.93. The molecule has 2 atom stereocenters. The Hall–Kier alpha value is -3.46. The average molecular weight is 453 g/mol. The molecule has 0 radical (unpaired) electrons. The molecule has 1 aliphatic rings.